The summed E-state index contributed by atoms with van der Waals surface area (Å²) in [5.74, 6) is 0.327. The van der Waals surface area contributed by atoms with Crippen LogP contribution in [0.4, 0.5) is 4.79 Å². The largest absolute Gasteiger partial charge is 0.497 e. The molecule has 0 spiro atoms. The SMILES string of the molecule is CCCOc1ccc(C2NC(=O)N=C(C)C2C(=O)OCc2ccc(OC)cc2)cc1. The summed E-state index contributed by atoms with van der Waals surface area (Å²) >= 11 is 0. The van der Waals surface area contributed by atoms with Crippen molar-refractivity contribution >= 4 is 17.7 Å². The average molecular weight is 410 g/mol. The number of nitrogens with zero attached hydrogens (tertiary/aromatic N) is 1. The Morgan fingerprint density at radius 1 is 1.07 bits per heavy atom. The van der Waals surface area contributed by atoms with Crippen molar-refractivity contribution in [2.75, 3.05) is 13.7 Å². The van der Waals surface area contributed by atoms with Crippen LogP contribution in [0, 0.1) is 5.92 Å². The van der Waals surface area contributed by atoms with Crippen LogP contribution in [0.3, 0.4) is 0 Å². The fraction of sp³-hybridized carbons (Fsp3) is 0.348. The lowest BCUT2D eigenvalue weighted by molar-refractivity contribution is -0.148. The fourth-order valence-corrected chi connectivity index (χ4v) is 3.26. The van der Waals surface area contributed by atoms with E-state index in [0.717, 1.165) is 29.0 Å². The van der Waals surface area contributed by atoms with Crippen molar-refractivity contribution in [1.29, 1.82) is 0 Å². The summed E-state index contributed by atoms with van der Waals surface area (Å²) in [6, 6.07) is 13.6. The smallest absolute Gasteiger partial charge is 0.341 e. The van der Waals surface area contributed by atoms with Gasteiger partial charge in [-0.1, -0.05) is 31.2 Å². The Hall–Kier alpha value is -3.35. The molecular weight excluding hydrogens is 384 g/mol. The number of nitrogens with one attached hydrogen (secondary N) is 1. The lowest BCUT2D eigenvalue weighted by Crippen LogP contribution is -2.44. The second kappa shape index (κ2) is 9.91. The van der Waals surface area contributed by atoms with Crippen LogP contribution in [0.25, 0.3) is 0 Å². The van der Waals surface area contributed by atoms with E-state index in [-0.39, 0.29) is 6.61 Å². The van der Waals surface area contributed by atoms with Crippen LogP contribution >= 0.6 is 0 Å². The number of ether oxygens (including phenoxy) is 3. The summed E-state index contributed by atoms with van der Waals surface area (Å²) in [4.78, 5) is 28.8. The lowest BCUT2D eigenvalue weighted by atomic mass is 9.88. The van der Waals surface area contributed by atoms with Crippen LogP contribution in [-0.2, 0) is 16.1 Å². The molecule has 1 aliphatic rings. The van der Waals surface area contributed by atoms with Crippen LogP contribution in [0.5, 0.6) is 11.5 Å². The van der Waals surface area contributed by atoms with Gasteiger partial charge in [-0.05, 0) is 48.7 Å². The number of rotatable bonds is 8. The van der Waals surface area contributed by atoms with E-state index < -0.39 is 24.0 Å². The molecule has 2 aromatic rings. The first-order valence-corrected chi connectivity index (χ1v) is 9.89. The summed E-state index contributed by atoms with van der Waals surface area (Å²) in [5.41, 5.74) is 2.05. The number of esters is 1. The van der Waals surface area contributed by atoms with Gasteiger partial charge >= 0.3 is 12.0 Å². The minimum Gasteiger partial charge on any atom is -0.497 e. The molecular formula is C23H26N2O5. The van der Waals surface area contributed by atoms with Gasteiger partial charge in [-0.15, -0.1) is 0 Å². The highest BCUT2D eigenvalue weighted by Gasteiger charge is 2.38. The van der Waals surface area contributed by atoms with Gasteiger partial charge < -0.3 is 19.5 Å². The Kier molecular flexibility index (Phi) is 7.06. The molecule has 0 saturated heterocycles. The minimum absolute atomic E-state index is 0.122. The number of aliphatic imine (C=N–C) groups is 1. The van der Waals surface area contributed by atoms with Crippen molar-refractivity contribution in [3.8, 4) is 11.5 Å². The number of hydrogen-bond donors (Lipinski definition) is 1. The minimum atomic E-state index is -0.705. The number of urea groups is 1. The summed E-state index contributed by atoms with van der Waals surface area (Å²) in [6.45, 7) is 4.46. The van der Waals surface area contributed by atoms with Crippen molar-refractivity contribution in [1.82, 2.24) is 5.32 Å². The van der Waals surface area contributed by atoms with Crippen LogP contribution in [0.2, 0.25) is 0 Å². The van der Waals surface area contributed by atoms with Gasteiger partial charge in [0.15, 0.2) is 0 Å². The van der Waals surface area contributed by atoms with Crippen molar-refractivity contribution < 1.29 is 23.8 Å². The van der Waals surface area contributed by atoms with Gasteiger partial charge in [-0.2, -0.15) is 0 Å². The highest BCUT2D eigenvalue weighted by atomic mass is 16.5. The number of carbonyl (C=O) groups is 2. The van der Waals surface area contributed by atoms with Gasteiger partial charge in [0.1, 0.15) is 24.0 Å². The van der Waals surface area contributed by atoms with E-state index in [1.54, 1.807) is 14.0 Å². The molecule has 0 radical (unpaired) electrons. The summed E-state index contributed by atoms with van der Waals surface area (Å²) < 4.78 is 16.3. The predicted octanol–water partition coefficient (Wildman–Crippen LogP) is 4.07. The quantitative estimate of drug-likeness (QED) is 0.663. The standard InChI is InChI=1S/C23H26N2O5/c1-4-13-29-19-11-7-17(8-12-19)21-20(15(2)24-23(27)25-21)22(26)30-14-16-5-9-18(28-3)10-6-16/h5-12,20-21H,4,13-14H2,1-3H3,(H,25,27). The Morgan fingerprint density at radius 3 is 2.37 bits per heavy atom. The van der Waals surface area contributed by atoms with E-state index in [2.05, 4.69) is 10.3 Å². The van der Waals surface area contributed by atoms with Gasteiger partial charge in [0.25, 0.3) is 0 Å². The van der Waals surface area contributed by atoms with Gasteiger partial charge in [-0.3, -0.25) is 4.79 Å². The zero-order chi connectivity index (χ0) is 21.5. The predicted molar refractivity (Wildman–Crippen MR) is 113 cm³/mol. The number of methoxy groups -OCH3 is 1. The molecule has 3 rings (SSSR count). The highest BCUT2D eigenvalue weighted by molar-refractivity contribution is 6.08. The molecule has 0 bridgehead atoms. The molecule has 7 nitrogen and oxygen atoms in total. The van der Waals surface area contributed by atoms with Crippen molar-refractivity contribution in [3.05, 3.63) is 59.7 Å². The molecule has 0 fully saturated rings. The normalized spacial score (nSPS) is 18.2. The third kappa shape index (κ3) is 5.17. The molecule has 7 heteroatoms. The molecule has 2 unspecified atom stereocenters. The first-order valence-electron chi connectivity index (χ1n) is 9.89. The van der Waals surface area contributed by atoms with Gasteiger partial charge in [0.05, 0.1) is 19.8 Å². The Morgan fingerprint density at radius 2 is 1.73 bits per heavy atom. The molecule has 1 heterocycles. The monoisotopic (exact) mass is 410 g/mol. The highest BCUT2D eigenvalue weighted by Crippen LogP contribution is 2.29. The van der Waals surface area contributed by atoms with E-state index in [0.29, 0.717) is 12.3 Å². The Labute approximate surface area is 176 Å². The maximum Gasteiger partial charge on any atom is 0.341 e. The number of carbonyl (C=O) groups excluding carboxylic acids is 2. The number of hydrogen-bond acceptors (Lipinski definition) is 5. The van der Waals surface area contributed by atoms with Crippen LogP contribution in [-0.4, -0.2) is 31.4 Å². The molecule has 1 N–H and O–H groups in total. The van der Waals surface area contributed by atoms with Gasteiger partial charge in [0.2, 0.25) is 0 Å². The number of benzene rings is 2. The van der Waals surface area contributed by atoms with Crippen molar-refractivity contribution in [3.63, 3.8) is 0 Å². The first-order chi connectivity index (χ1) is 14.5. The fourth-order valence-electron chi connectivity index (χ4n) is 3.26. The first kappa shape index (κ1) is 21.4. The van der Waals surface area contributed by atoms with E-state index in [9.17, 15) is 9.59 Å². The second-order valence-corrected chi connectivity index (χ2v) is 7.03. The van der Waals surface area contributed by atoms with E-state index >= 15 is 0 Å². The molecule has 2 aromatic carbocycles. The maximum absolute atomic E-state index is 12.9. The van der Waals surface area contributed by atoms with E-state index in [4.69, 9.17) is 14.2 Å². The summed E-state index contributed by atoms with van der Waals surface area (Å²) in [6.07, 6.45) is 0.915. The molecule has 158 valence electrons. The molecule has 2 atom stereocenters. The summed E-state index contributed by atoms with van der Waals surface area (Å²) in [5, 5.41) is 2.79. The molecule has 0 aromatic heterocycles. The molecule has 0 aliphatic carbocycles. The maximum atomic E-state index is 12.9. The van der Waals surface area contributed by atoms with Crippen LogP contribution < -0.4 is 14.8 Å². The van der Waals surface area contributed by atoms with Crippen molar-refractivity contribution in [2.45, 2.75) is 32.9 Å². The average Bonchev–Trinajstić information content (AvgIpc) is 2.76. The number of amides is 2. The van der Waals surface area contributed by atoms with Gasteiger partial charge in [0, 0.05) is 5.71 Å². The van der Waals surface area contributed by atoms with Crippen molar-refractivity contribution in [2.24, 2.45) is 10.9 Å². The molecule has 0 saturated carbocycles. The Balaban J connectivity index is 1.74. The summed E-state index contributed by atoms with van der Waals surface area (Å²) in [7, 11) is 1.59. The molecule has 2 amide bonds. The third-order valence-corrected chi connectivity index (χ3v) is 4.85. The van der Waals surface area contributed by atoms with Gasteiger partial charge in [-0.25, -0.2) is 9.79 Å². The van der Waals surface area contributed by atoms with E-state index in [1.165, 1.54) is 0 Å². The zero-order valence-corrected chi connectivity index (χ0v) is 17.4. The third-order valence-electron chi connectivity index (χ3n) is 4.85. The molecule has 30 heavy (non-hydrogen) atoms. The van der Waals surface area contributed by atoms with Crippen LogP contribution in [0.15, 0.2) is 53.5 Å². The van der Waals surface area contributed by atoms with E-state index in [1.807, 2.05) is 55.5 Å². The second-order valence-electron chi connectivity index (χ2n) is 7.03. The topological polar surface area (TPSA) is 86.2 Å². The lowest BCUT2D eigenvalue weighted by Gasteiger charge is -2.29. The Bertz CT molecular complexity index is 906. The zero-order valence-electron chi connectivity index (χ0n) is 17.4. The molecule has 1 aliphatic heterocycles. The van der Waals surface area contributed by atoms with Crippen LogP contribution in [0.1, 0.15) is 37.4 Å².